The van der Waals surface area contributed by atoms with Gasteiger partial charge in [0.05, 0.1) is 5.39 Å². The molecule has 138 valence electrons. The topological polar surface area (TPSA) is 49.3 Å². The molecule has 0 radical (unpaired) electrons. The first-order chi connectivity index (χ1) is 12.7. The third-order valence-electron chi connectivity index (χ3n) is 6.22. The summed E-state index contributed by atoms with van der Waals surface area (Å²) in [6, 6.07) is 0. The number of nitrogens with zero attached hydrogens (tertiary/aromatic N) is 4. The molecular weight excluding hydrogens is 344 g/mol. The molecule has 3 aliphatic rings. The smallest absolute Gasteiger partial charge is 0.225 e. The van der Waals surface area contributed by atoms with E-state index >= 15 is 0 Å². The normalized spacial score (nSPS) is 21.0. The van der Waals surface area contributed by atoms with Crippen molar-refractivity contribution >= 4 is 33.3 Å². The average Bonchev–Trinajstić information content (AvgIpc) is 3.37. The Morgan fingerprint density at radius 2 is 1.81 bits per heavy atom. The Kier molecular flexibility index (Phi) is 4.11. The number of amides is 1. The van der Waals surface area contributed by atoms with Crippen LogP contribution in [-0.4, -0.2) is 47.0 Å². The number of carbonyl (C=O) groups excluding carboxylic acids is 1. The fourth-order valence-electron chi connectivity index (χ4n) is 4.84. The Morgan fingerprint density at radius 1 is 1.04 bits per heavy atom. The van der Waals surface area contributed by atoms with Gasteiger partial charge < -0.3 is 9.80 Å². The van der Waals surface area contributed by atoms with Crippen LogP contribution in [0.15, 0.2) is 0 Å². The third kappa shape index (κ3) is 2.70. The molecule has 1 aliphatic carbocycles. The zero-order valence-corrected chi connectivity index (χ0v) is 16.3. The summed E-state index contributed by atoms with van der Waals surface area (Å²) in [4.78, 5) is 29.4. The van der Waals surface area contributed by atoms with Crippen LogP contribution in [-0.2, 0) is 17.6 Å². The third-order valence-corrected chi connectivity index (χ3v) is 7.40. The number of hydrogen-bond donors (Lipinski definition) is 0. The zero-order valence-electron chi connectivity index (χ0n) is 15.5. The fourth-order valence-corrected chi connectivity index (χ4v) is 6.14. The monoisotopic (exact) mass is 370 g/mol. The molecule has 6 heteroatoms. The number of hydrogen-bond acceptors (Lipinski definition) is 5. The van der Waals surface area contributed by atoms with Gasteiger partial charge in [0.1, 0.15) is 16.5 Å². The maximum absolute atomic E-state index is 12.7. The van der Waals surface area contributed by atoms with Crippen molar-refractivity contribution in [1.29, 1.82) is 0 Å². The van der Waals surface area contributed by atoms with Gasteiger partial charge in [-0.15, -0.1) is 11.3 Å². The number of thiophene rings is 1. The number of carbonyl (C=O) groups is 1. The van der Waals surface area contributed by atoms with Crippen molar-refractivity contribution in [1.82, 2.24) is 14.9 Å². The minimum absolute atomic E-state index is 0.205. The van der Waals surface area contributed by atoms with Gasteiger partial charge in [0.15, 0.2) is 0 Å². The quantitative estimate of drug-likeness (QED) is 0.814. The van der Waals surface area contributed by atoms with Crippen molar-refractivity contribution < 1.29 is 4.79 Å². The molecule has 0 spiro atoms. The standard InChI is InChI=1S/C20H26N4OS/c1-13-21-18(17-15-5-4-6-16(15)26-19(17)22-13)23-11-7-14(8-12-23)20(25)24-9-2-3-10-24/h14H,2-12H2,1H3. The number of aryl methyl sites for hydroxylation is 3. The highest BCUT2D eigenvalue weighted by atomic mass is 32.1. The Bertz CT molecular complexity index is 847. The van der Waals surface area contributed by atoms with Crippen LogP contribution >= 0.6 is 11.3 Å². The molecule has 0 bridgehead atoms. The molecule has 0 atom stereocenters. The van der Waals surface area contributed by atoms with E-state index in [1.807, 2.05) is 18.3 Å². The van der Waals surface area contributed by atoms with Crippen LogP contribution in [0.4, 0.5) is 5.82 Å². The van der Waals surface area contributed by atoms with Crippen LogP contribution < -0.4 is 4.90 Å². The number of likely N-dealkylation sites (tertiary alicyclic amines) is 1. The van der Waals surface area contributed by atoms with Crippen molar-refractivity contribution in [3.05, 3.63) is 16.3 Å². The van der Waals surface area contributed by atoms with Gasteiger partial charge in [0, 0.05) is 37.0 Å². The molecule has 0 N–H and O–H groups in total. The number of aromatic nitrogens is 2. The lowest BCUT2D eigenvalue weighted by Gasteiger charge is -2.34. The maximum atomic E-state index is 12.7. The van der Waals surface area contributed by atoms with Gasteiger partial charge in [-0.25, -0.2) is 9.97 Å². The van der Waals surface area contributed by atoms with Crippen molar-refractivity contribution in [2.45, 2.75) is 51.9 Å². The van der Waals surface area contributed by atoms with Gasteiger partial charge in [0.2, 0.25) is 5.91 Å². The first-order valence-corrected chi connectivity index (χ1v) is 10.8. The van der Waals surface area contributed by atoms with E-state index < -0.39 is 0 Å². The molecule has 1 amide bonds. The van der Waals surface area contributed by atoms with E-state index in [2.05, 4.69) is 9.80 Å². The van der Waals surface area contributed by atoms with Gasteiger partial charge in [-0.3, -0.25) is 4.79 Å². The molecule has 2 aromatic heterocycles. The summed E-state index contributed by atoms with van der Waals surface area (Å²) in [7, 11) is 0. The summed E-state index contributed by atoms with van der Waals surface area (Å²) >= 11 is 1.86. The molecule has 0 aromatic carbocycles. The Morgan fingerprint density at radius 3 is 2.58 bits per heavy atom. The number of fused-ring (bicyclic) bond motifs is 3. The molecule has 4 heterocycles. The summed E-state index contributed by atoms with van der Waals surface area (Å²) in [5.41, 5.74) is 1.50. The molecular formula is C20H26N4OS. The molecule has 5 rings (SSSR count). The van der Waals surface area contributed by atoms with Gasteiger partial charge in [0.25, 0.3) is 0 Å². The fraction of sp³-hybridized carbons (Fsp3) is 0.650. The van der Waals surface area contributed by atoms with Crippen molar-refractivity contribution in [2.75, 3.05) is 31.1 Å². The Labute approximate surface area is 158 Å². The molecule has 26 heavy (non-hydrogen) atoms. The zero-order chi connectivity index (χ0) is 17.7. The van der Waals surface area contributed by atoms with E-state index in [1.54, 1.807) is 0 Å². The first kappa shape index (κ1) is 16.5. The number of anilines is 1. The Hall–Kier alpha value is -1.69. The number of rotatable bonds is 2. The highest BCUT2D eigenvalue weighted by Gasteiger charge is 2.32. The molecule has 2 saturated heterocycles. The van der Waals surface area contributed by atoms with Crippen LogP contribution in [0.3, 0.4) is 0 Å². The second-order valence-electron chi connectivity index (χ2n) is 7.93. The van der Waals surface area contributed by atoms with E-state index in [-0.39, 0.29) is 5.92 Å². The minimum Gasteiger partial charge on any atom is -0.356 e. The van der Waals surface area contributed by atoms with E-state index in [0.717, 1.165) is 55.5 Å². The predicted molar refractivity (Wildman–Crippen MR) is 105 cm³/mol. The molecule has 2 aromatic rings. The summed E-state index contributed by atoms with van der Waals surface area (Å²) in [5, 5.41) is 1.30. The largest absolute Gasteiger partial charge is 0.356 e. The predicted octanol–water partition coefficient (Wildman–Crippen LogP) is 3.33. The van der Waals surface area contributed by atoms with E-state index in [0.29, 0.717) is 5.91 Å². The highest BCUT2D eigenvalue weighted by Crippen LogP contribution is 2.41. The van der Waals surface area contributed by atoms with Crippen LogP contribution in [0.25, 0.3) is 10.2 Å². The van der Waals surface area contributed by atoms with Crippen LogP contribution in [0.2, 0.25) is 0 Å². The van der Waals surface area contributed by atoms with Crippen LogP contribution in [0.1, 0.15) is 48.4 Å². The van der Waals surface area contributed by atoms with Crippen LogP contribution in [0, 0.1) is 12.8 Å². The Balaban J connectivity index is 1.39. The van der Waals surface area contributed by atoms with Gasteiger partial charge >= 0.3 is 0 Å². The summed E-state index contributed by atoms with van der Waals surface area (Å²) in [6.07, 6.45) is 7.87. The van der Waals surface area contributed by atoms with Gasteiger partial charge in [-0.05, 0) is 57.4 Å². The summed E-state index contributed by atoms with van der Waals surface area (Å²) in [5.74, 6) is 2.58. The molecule has 5 nitrogen and oxygen atoms in total. The first-order valence-electron chi connectivity index (χ1n) is 10.0. The maximum Gasteiger partial charge on any atom is 0.225 e. The average molecular weight is 371 g/mol. The lowest BCUT2D eigenvalue weighted by atomic mass is 9.95. The highest BCUT2D eigenvalue weighted by molar-refractivity contribution is 7.19. The number of piperidine rings is 1. The lowest BCUT2D eigenvalue weighted by molar-refractivity contribution is -0.135. The van der Waals surface area contributed by atoms with E-state index in [9.17, 15) is 4.79 Å². The summed E-state index contributed by atoms with van der Waals surface area (Å²) in [6.45, 7) is 5.79. The molecule has 0 unspecified atom stereocenters. The van der Waals surface area contributed by atoms with Crippen molar-refractivity contribution in [2.24, 2.45) is 5.92 Å². The molecule has 0 saturated carbocycles. The van der Waals surface area contributed by atoms with Crippen molar-refractivity contribution in [3.8, 4) is 0 Å². The minimum atomic E-state index is 0.205. The lowest BCUT2D eigenvalue weighted by Crippen LogP contribution is -2.42. The van der Waals surface area contributed by atoms with E-state index in [1.165, 1.54) is 47.9 Å². The second-order valence-corrected chi connectivity index (χ2v) is 9.01. The van der Waals surface area contributed by atoms with E-state index in [4.69, 9.17) is 9.97 Å². The van der Waals surface area contributed by atoms with Crippen LogP contribution in [0.5, 0.6) is 0 Å². The SMILES string of the molecule is Cc1nc(N2CCC(C(=O)N3CCCC3)CC2)c2c3c(sc2n1)CCC3. The molecule has 2 aliphatic heterocycles. The molecule has 2 fully saturated rings. The van der Waals surface area contributed by atoms with Crippen molar-refractivity contribution in [3.63, 3.8) is 0 Å². The summed E-state index contributed by atoms with van der Waals surface area (Å²) < 4.78 is 0. The second kappa shape index (κ2) is 6.48. The van der Waals surface area contributed by atoms with Gasteiger partial charge in [-0.1, -0.05) is 0 Å². The van der Waals surface area contributed by atoms with Gasteiger partial charge in [-0.2, -0.15) is 0 Å².